The molecule has 0 spiro atoms. The van der Waals surface area contributed by atoms with Gasteiger partial charge in [-0.3, -0.25) is 4.79 Å². The molecule has 1 aromatic carbocycles. The summed E-state index contributed by atoms with van der Waals surface area (Å²) in [6.07, 6.45) is 6.59. The number of rotatable bonds is 4. The molecule has 2 fully saturated rings. The quantitative estimate of drug-likeness (QED) is 0.922. The predicted molar refractivity (Wildman–Crippen MR) is 83.8 cm³/mol. The Morgan fingerprint density at radius 1 is 1.05 bits per heavy atom. The van der Waals surface area contributed by atoms with E-state index in [9.17, 15) is 13.2 Å². The maximum atomic E-state index is 12.9. The highest BCUT2D eigenvalue weighted by atomic mass is 32.2. The highest BCUT2D eigenvalue weighted by molar-refractivity contribution is 7.89. The van der Waals surface area contributed by atoms with Crippen LogP contribution in [0.4, 0.5) is 0 Å². The lowest BCUT2D eigenvalue weighted by atomic mass is 9.97. The van der Waals surface area contributed by atoms with Crippen molar-refractivity contribution in [3.05, 3.63) is 29.8 Å². The molecule has 0 bridgehead atoms. The Labute approximate surface area is 131 Å². The zero-order valence-corrected chi connectivity index (χ0v) is 13.4. The number of hydrogen-bond acceptors (Lipinski definition) is 3. The molecule has 1 aromatic rings. The molecule has 120 valence electrons. The Hall–Kier alpha value is -1.40. The van der Waals surface area contributed by atoms with Crippen LogP contribution in [0.2, 0.25) is 0 Å². The van der Waals surface area contributed by atoms with Crippen molar-refractivity contribution in [3.8, 4) is 0 Å². The second-order valence-corrected chi connectivity index (χ2v) is 8.15. The van der Waals surface area contributed by atoms with Crippen molar-refractivity contribution >= 4 is 15.9 Å². The molecular weight excluding hydrogens is 300 g/mol. The summed E-state index contributed by atoms with van der Waals surface area (Å²) in [5, 5.41) is 0. The van der Waals surface area contributed by atoms with E-state index in [1.165, 1.54) is 37.1 Å². The van der Waals surface area contributed by atoms with Crippen LogP contribution >= 0.6 is 0 Å². The van der Waals surface area contributed by atoms with Crippen molar-refractivity contribution in [2.75, 3.05) is 6.54 Å². The fraction of sp³-hybridized carbons (Fsp3) is 0.562. The van der Waals surface area contributed by atoms with Crippen LogP contribution in [0.1, 0.15) is 48.9 Å². The van der Waals surface area contributed by atoms with Gasteiger partial charge in [-0.2, -0.15) is 4.31 Å². The highest BCUT2D eigenvalue weighted by Crippen LogP contribution is 2.38. The van der Waals surface area contributed by atoms with Gasteiger partial charge in [0.2, 0.25) is 15.9 Å². The maximum absolute atomic E-state index is 12.9. The molecular formula is C16H22N2O3S. The summed E-state index contributed by atoms with van der Waals surface area (Å²) in [7, 11) is -3.49. The van der Waals surface area contributed by atoms with Gasteiger partial charge in [0.25, 0.3) is 0 Å². The van der Waals surface area contributed by atoms with E-state index in [1.54, 1.807) is 4.31 Å². The molecule has 2 N–H and O–H groups in total. The van der Waals surface area contributed by atoms with Crippen molar-refractivity contribution in [2.24, 2.45) is 11.7 Å². The summed E-state index contributed by atoms with van der Waals surface area (Å²) in [5.74, 6) is -0.0453. The van der Waals surface area contributed by atoms with Gasteiger partial charge in [0, 0.05) is 18.2 Å². The van der Waals surface area contributed by atoms with Crippen molar-refractivity contribution in [1.29, 1.82) is 0 Å². The largest absolute Gasteiger partial charge is 0.366 e. The standard InChI is InChI=1S/C16H22N2O3S/c17-16(19)13-7-9-14(10-8-13)22(20,21)18-11-3-6-15(18)12-4-1-2-5-12/h7-10,12,15H,1-6,11H2,(H2,17,19). The summed E-state index contributed by atoms with van der Waals surface area (Å²) in [4.78, 5) is 11.4. The van der Waals surface area contributed by atoms with Crippen LogP contribution in [0.5, 0.6) is 0 Å². The fourth-order valence-corrected chi connectivity index (χ4v) is 5.56. The lowest BCUT2D eigenvalue weighted by Gasteiger charge is -2.28. The van der Waals surface area contributed by atoms with Crippen molar-refractivity contribution in [1.82, 2.24) is 4.31 Å². The lowest BCUT2D eigenvalue weighted by Crippen LogP contribution is -2.39. The van der Waals surface area contributed by atoms with E-state index < -0.39 is 15.9 Å². The highest BCUT2D eigenvalue weighted by Gasteiger charge is 2.40. The van der Waals surface area contributed by atoms with E-state index in [4.69, 9.17) is 5.73 Å². The Morgan fingerprint density at radius 2 is 1.68 bits per heavy atom. The molecule has 1 atom stereocenters. The van der Waals surface area contributed by atoms with E-state index >= 15 is 0 Å². The summed E-state index contributed by atoms with van der Waals surface area (Å²) in [6, 6.07) is 6.08. The van der Waals surface area contributed by atoms with Gasteiger partial charge in [0.15, 0.2) is 0 Å². The number of primary amides is 1. The minimum atomic E-state index is -3.49. The molecule has 22 heavy (non-hydrogen) atoms. The van der Waals surface area contributed by atoms with Gasteiger partial charge < -0.3 is 5.73 Å². The third-order valence-corrected chi connectivity index (χ3v) is 6.88. The molecule has 1 aliphatic heterocycles. The molecule has 1 saturated carbocycles. The average molecular weight is 322 g/mol. The number of sulfonamides is 1. The molecule has 2 aliphatic rings. The molecule has 1 amide bonds. The number of carbonyl (C=O) groups is 1. The van der Waals surface area contributed by atoms with Gasteiger partial charge in [-0.1, -0.05) is 12.8 Å². The molecule has 1 aliphatic carbocycles. The Bertz CT molecular complexity index is 648. The minimum Gasteiger partial charge on any atom is -0.366 e. The zero-order chi connectivity index (χ0) is 15.7. The van der Waals surface area contributed by atoms with Gasteiger partial charge in [0.05, 0.1) is 4.90 Å². The summed E-state index contributed by atoms with van der Waals surface area (Å²) >= 11 is 0. The van der Waals surface area contributed by atoms with Gasteiger partial charge in [-0.15, -0.1) is 0 Å². The first-order chi connectivity index (χ1) is 10.5. The topological polar surface area (TPSA) is 80.5 Å². The van der Waals surface area contributed by atoms with E-state index in [0.29, 0.717) is 18.0 Å². The van der Waals surface area contributed by atoms with Crippen LogP contribution in [-0.4, -0.2) is 31.2 Å². The van der Waals surface area contributed by atoms with Crippen molar-refractivity contribution in [3.63, 3.8) is 0 Å². The molecule has 3 rings (SSSR count). The van der Waals surface area contributed by atoms with Crippen molar-refractivity contribution in [2.45, 2.75) is 49.5 Å². The molecule has 0 aromatic heterocycles. The van der Waals surface area contributed by atoms with Crippen LogP contribution < -0.4 is 5.73 Å². The monoisotopic (exact) mass is 322 g/mol. The van der Waals surface area contributed by atoms with Gasteiger partial charge >= 0.3 is 0 Å². The predicted octanol–water partition coefficient (Wildman–Crippen LogP) is 2.13. The third kappa shape index (κ3) is 2.77. The molecule has 1 heterocycles. The van der Waals surface area contributed by atoms with Gasteiger partial charge in [-0.25, -0.2) is 8.42 Å². The Kier molecular flexibility index (Phi) is 4.23. The number of hydrogen-bond donors (Lipinski definition) is 1. The first-order valence-corrected chi connectivity index (χ1v) is 9.36. The molecule has 6 heteroatoms. The van der Waals surface area contributed by atoms with Crippen LogP contribution in [0.3, 0.4) is 0 Å². The van der Waals surface area contributed by atoms with Crippen LogP contribution in [0.25, 0.3) is 0 Å². The van der Waals surface area contributed by atoms with Crippen molar-refractivity contribution < 1.29 is 13.2 Å². The third-order valence-electron chi connectivity index (χ3n) is 4.94. The summed E-state index contributed by atoms with van der Waals surface area (Å²) in [6.45, 7) is 0.598. The average Bonchev–Trinajstić information content (AvgIpc) is 3.18. The molecule has 0 radical (unpaired) electrons. The fourth-order valence-electron chi connectivity index (χ4n) is 3.80. The second-order valence-electron chi connectivity index (χ2n) is 6.26. The van der Waals surface area contributed by atoms with Gasteiger partial charge in [-0.05, 0) is 55.9 Å². The van der Waals surface area contributed by atoms with E-state index in [-0.39, 0.29) is 10.9 Å². The smallest absolute Gasteiger partial charge is 0.248 e. The minimum absolute atomic E-state index is 0.142. The molecule has 5 nitrogen and oxygen atoms in total. The van der Waals surface area contributed by atoms with Crippen LogP contribution in [0, 0.1) is 5.92 Å². The Morgan fingerprint density at radius 3 is 2.27 bits per heavy atom. The number of nitrogens with two attached hydrogens (primary N) is 1. The summed E-state index contributed by atoms with van der Waals surface area (Å²) in [5.41, 5.74) is 5.53. The first-order valence-electron chi connectivity index (χ1n) is 7.92. The van der Waals surface area contributed by atoms with Gasteiger partial charge in [0.1, 0.15) is 0 Å². The SMILES string of the molecule is NC(=O)c1ccc(S(=O)(=O)N2CCCC2C2CCCC2)cc1. The lowest BCUT2D eigenvalue weighted by molar-refractivity contribution is 0.1000. The number of benzene rings is 1. The number of nitrogens with zero attached hydrogens (tertiary/aromatic N) is 1. The second kappa shape index (κ2) is 6.01. The molecule has 1 saturated heterocycles. The molecule has 1 unspecified atom stereocenters. The van der Waals surface area contributed by atoms with E-state index in [0.717, 1.165) is 25.7 Å². The van der Waals surface area contributed by atoms with E-state index in [2.05, 4.69) is 0 Å². The number of carbonyl (C=O) groups excluding carboxylic acids is 1. The van der Waals surface area contributed by atoms with Crippen LogP contribution in [-0.2, 0) is 10.0 Å². The van der Waals surface area contributed by atoms with Crippen LogP contribution in [0.15, 0.2) is 29.2 Å². The first kappa shape index (κ1) is 15.5. The van der Waals surface area contributed by atoms with E-state index in [1.807, 2.05) is 0 Å². The Balaban J connectivity index is 1.86. The summed E-state index contributed by atoms with van der Waals surface area (Å²) < 4.78 is 27.5. The zero-order valence-electron chi connectivity index (χ0n) is 12.6. The number of amides is 1. The normalized spacial score (nSPS) is 23.9. The maximum Gasteiger partial charge on any atom is 0.248 e.